The molecule has 0 aromatic carbocycles. The number of fused-ring (bicyclic) bond motifs is 1. The molecule has 2 rings (SSSR count). The van der Waals surface area contributed by atoms with Crippen LogP contribution in [0.15, 0.2) is 18.3 Å². The number of halogens is 6. The van der Waals surface area contributed by atoms with Crippen molar-refractivity contribution in [1.82, 2.24) is 24.9 Å². The Hall–Kier alpha value is -1.97. The molecule has 0 saturated heterocycles. The molecule has 2 aromatic heterocycles. The summed E-state index contributed by atoms with van der Waals surface area (Å²) in [5.74, 6) is 1.14. The zero-order valence-electron chi connectivity index (χ0n) is 13.3. The average molecular weight is 378 g/mol. The molecule has 0 aliphatic heterocycles. The number of nitrogens with zero attached hydrogens (tertiary/aromatic N) is 6. The van der Waals surface area contributed by atoms with E-state index in [1.807, 2.05) is 45.0 Å². The molecule has 2 aromatic rings. The van der Waals surface area contributed by atoms with Crippen LogP contribution in [-0.4, -0.2) is 63.5 Å². The molecule has 0 radical (unpaired) electrons. The second kappa shape index (κ2) is 5.83. The van der Waals surface area contributed by atoms with Crippen LogP contribution in [0, 0.1) is 0 Å². The molecule has 0 aliphatic rings. The van der Waals surface area contributed by atoms with Crippen molar-refractivity contribution in [3.05, 3.63) is 18.3 Å². The molecule has 24 heavy (non-hydrogen) atoms. The molecule has 6 nitrogen and oxygen atoms in total. The van der Waals surface area contributed by atoms with Crippen molar-refractivity contribution in [3.8, 4) is 0 Å². The normalized spacial score (nSPS) is 14.2. The van der Waals surface area contributed by atoms with Crippen LogP contribution in [0.5, 0.6) is 0 Å². The van der Waals surface area contributed by atoms with Gasteiger partial charge in [0.15, 0.2) is 5.65 Å². The molecule has 0 saturated carbocycles. The minimum atomic E-state index is -10.7. The van der Waals surface area contributed by atoms with E-state index in [0.29, 0.717) is 6.54 Å². The summed E-state index contributed by atoms with van der Waals surface area (Å²) in [6.45, 7) is 0.660. The summed E-state index contributed by atoms with van der Waals surface area (Å²) in [4.78, 5) is 6.37. The standard InChI is InChI=1S/C11H17N6.F6P/c1-15(2)10(16(3)4)8-17-11-9(13-14-17)6-5-7-12-11;1-7(2,3,4,5)6/h5-7H,8H2,1-4H3;/q+1;-1. The Labute approximate surface area is 133 Å². The zero-order valence-corrected chi connectivity index (χ0v) is 14.2. The number of likely N-dealkylation sites (N-methyl/N-ethyl adjacent to an activating group) is 1. The summed E-state index contributed by atoms with van der Waals surface area (Å²) >= 11 is 0. The molecule has 0 spiro atoms. The Morgan fingerprint density at radius 2 is 1.71 bits per heavy atom. The first kappa shape index (κ1) is 20.1. The topological polar surface area (TPSA) is 49.9 Å². The van der Waals surface area contributed by atoms with Gasteiger partial charge >= 0.3 is 33.0 Å². The molecule has 13 heteroatoms. The first-order valence-corrected chi connectivity index (χ1v) is 8.48. The third-order valence-corrected chi connectivity index (χ3v) is 2.59. The number of hydrogen-bond acceptors (Lipinski definition) is 3. The van der Waals surface area contributed by atoms with Gasteiger partial charge in [-0.3, -0.25) is 9.48 Å². The Balaban J connectivity index is 0.000000351. The van der Waals surface area contributed by atoms with Gasteiger partial charge in [0.1, 0.15) is 12.1 Å². The number of pyridine rings is 1. The van der Waals surface area contributed by atoms with Gasteiger partial charge in [0, 0.05) is 6.20 Å². The number of hydrogen-bond donors (Lipinski definition) is 0. The van der Waals surface area contributed by atoms with Gasteiger partial charge in [-0.1, -0.05) is 5.21 Å². The zero-order chi connectivity index (χ0) is 18.8. The predicted molar refractivity (Wildman–Crippen MR) is 79.7 cm³/mol. The molecule has 138 valence electrons. The van der Waals surface area contributed by atoms with Crippen LogP contribution in [0.1, 0.15) is 0 Å². The van der Waals surface area contributed by atoms with Crippen LogP contribution in [0.4, 0.5) is 25.2 Å². The van der Waals surface area contributed by atoms with Crippen molar-refractivity contribution < 1.29 is 29.8 Å². The SMILES string of the molecule is CN(C)C(Cn1nnc2cccnc21)=[N+](C)C.F[P-](F)(F)(F)(F)F. The van der Waals surface area contributed by atoms with Crippen molar-refractivity contribution in [2.45, 2.75) is 6.54 Å². The summed E-state index contributed by atoms with van der Waals surface area (Å²) in [6.07, 6.45) is 1.76. The molecule has 0 atom stereocenters. The van der Waals surface area contributed by atoms with E-state index < -0.39 is 7.81 Å². The van der Waals surface area contributed by atoms with Gasteiger partial charge in [0.25, 0.3) is 5.84 Å². The average Bonchev–Trinajstić information content (AvgIpc) is 2.74. The number of aromatic nitrogens is 4. The van der Waals surface area contributed by atoms with E-state index in [0.717, 1.165) is 17.0 Å². The van der Waals surface area contributed by atoms with E-state index in [1.54, 1.807) is 6.20 Å². The van der Waals surface area contributed by atoms with Crippen molar-refractivity contribution in [1.29, 1.82) is 0 Å². The fourth-order valence-electron chi connectivity index (χ4n) is 1.73. The van der Waals surface area contributed by atoms with E-state index in [2.05, 4.69) is 24.8 Å². The summed E-state index contributed by atoms with van der Waals surface area (Å²) in [5.41, 5.74) is 1.64. The Morgan fingerprint density at radius 1 is 1.17 bits per heavy atom. The van der Waals surface area contributed by atoms with E-state index in [4.69, 9.17) is 0 Å². The van der Waals surface area contributed by atoms with Crippen LogP contribution in [0.25, 0.3) is 11.2 Å². The molecule has 0 bridgehead atoms. The predicted octanol–water partition coefficient (Wildman–Crippen LogP) is 3.44. The Kier molecular flexibility index (Phi) is 4.88. The Morgan fingerprint density at radius 3 is 2.17 bits per heavy atom. The molecule has 0 fully saturated rings. The van der Waals surface area contributed by atoms with Gasteiger partial charge in [0.2, 0.25) is 0 Å². The van der Waals surface area contributed by atoms with Gasteiger partial charge in [-0.15, -0.1) is 5.10 Å². The molecule has 0 amide bonds. The first-order chi connectivity index (χ1) is 10.5. The molecule has 0 N–H and O–H groups in total. The maximum absolute atomic E-state index is 10.7. The first-order valence-electron chi connectivity index (χ1n) is 6.45. The number of amidine groups is 1. The van der Waals surface area contributed by atoms with Crippen LogP contribution in [-0.2, 0) is 6.54 Å². The van der Waals surface area contributed by atoms with Crippen molar-refractivity contribution >= 4 is 24.8 Å². The molecule has 0 unspecified atom stereocenters. The van der Waals surface area contributed by atoms with Crippen LogP contribution in [0.2, 0.25) is 0 Å². The van der Waals surface area contributed by atoms with E-state index in [-0.39, 0.29) is 0 Å². The molecular formula is C11H17F6N6P. The summed E-state index contributed by atoms with van der Waals surface area (Å²) in [6, 6.07) is 3.78. The van der Waals surface area contributed by atoms with Crippen molar-refractivity contribution in [2.75, 3.05) is 28.2 Å². The fourth-order valence-corrected chi connectivity index (χ4v) is 1.73. The molecule has 0 aliphatic carbocycles. The summed E-state index contributed by atoms with van der Waals surface area (Å²) in [5, 5.41) is 8.22. The third kappa shape index (κ3) is 8.04. The van der Waals surface area contributed by atoms with Crippen LogP contribution < -0.4 is 0 Å². The number of rotatable bonds is 2. The monoisotopic (exact) mass is 378 g/mol. The van der Waals surface area contributed by atoms with Crippen LogP contribution in [0.3, 0.4) is 0 Å². The van der Waals surface area contributed by atoms with Gasteiger partial charge < -0.3 is 0 Å². The van der Waals surface area contributed by atoms with Crippen molar-refractivity contribution in [3.63, 3.8) is 0 Å². The second-order valence-corrected chi connectivity index (χ2v) is 7.17. The van der Waals surface area contributed by atoms with Gasteiger partial charge in [0.05, 0.1) is 28.2 Å². The van der Waals surface area contributed by atoms with Crippen LogP contribution >= 0.6 is 7.81 Å². The molecular weight excluding hydrogens is 361 g/mol. The van der Waals surface area contributed by atoms with Crippen molar-refractivity contribution in [2.24, 2.45) is 0 Å². The summed E-state index contributed by atoms with van der Waals surface area (Å²) < 4.78 is 63.1. The Bertz CT molecular complexity index is 736. The van der Waals surface area contributed by atoms with E-state index >= 15 is 0 Å². The second-order valence-electron chi connectivity index (χ2n) is 5.26. The fraction of sp³-hybridized carbons (Fsp3) is 0.455. The van der Waals surface area contributed by atoms with Gasteiger partial charge in [-0.25, -0.2) is 9.67 Å². The minimum absolute atomic E-state index is 0.660. The quantitative estimate of drug-likeness (QED) is 0.264. The third-order valence-electron chi connectivity index (χ3n) is 2.59. The van der Waals surface area contributed by atoms with E-state index in [1.165, 1.54) is 0 Å². The van der Waals surface area contributed by atoms with E-state index in [9.17, 15) is 25.2 Å². The maximum atomic E-state index is 9.87. The van der Waals surface area contributed by atoms with Gasteiger partial charge in [-0.05, 0) is 12.1 Å². The summed E-state index contributed by atoms with van der Waals surface area (Å²) in [7, 11) is -2.59. The van der Waals surface area contributed by atoms with Gasteiger partial charge in [-0.2, -0.15) is 0 Å². The molecule has 2 heterocycles.